The molecule has 0 amide bonds. The molecule has 1 aliphatic carbocycles. The van der Waals surface area contributed by atoms with Crippen molar-refractivity contribution in [1.82, 2.24) is 15.1 Å². The van der Waals surface area contributed by atoms with Gasteiger partial charge in [0.1, 0.15) is 0 Å². The first-order valence-electron chi connectivity index (χ1n) is 8.16. The van der Waals surface area contributed by atoms with Crippen LogP contribution in [0.4, 0.5) is 0 Å². The highest BCUT2D eigenvalue weighted by Gasteiger charge is 2.27. The molecule has 20 heavy (non-hydrogen) atoms. The summed E-state index contributed by atoms with van der Waals surface area (Å²) >= 11 is 6.42. The Hall–Kier alpha value is -0.540. The van der Waals surface area contributed by atoms with Crippen molar-refractivity contribution in [3.8, 4) is 0 Å². The number of aryl methyl sites for hydroxylation is 1. The average Bonchev–Trinajstić information content (AvgIpc) is 2.75. The van der Waals surface area contributed by atoms with E-state index >= 15 is 0 Å². The highest BCUT2D eigenvalue weighted by Crippen LogP contribution is 2.35. The van der Waals surface area contributed by atoms with Crippen LogP contribution in [0.5, 0.6) is 0 Å². The zero-order chi connectivity index (χ0) is 14.4. The zero-order valence-corrected chi connectivity index (χ0v) is 13.6. The van der Waals surface area contributed by atoms with Crippen LogP contribution in [0, 0.1) is 5.92 Å². The Kier molecular flexibility index (Phi) is 6.37. The Morgan fingerprint density at radius 3 is 2.55 bits per heavy atom. The fourth-order valence-corrected chi connectivity index (χ4v) is 3.75. The smallest absolute Gasteiger partial charge is 0.0834 e. The number of hydrogen-bond acceptors (Lipinski definition) is 2. The Morgan fingerprint density at radius 1 is 1.30 bits per heavy atom. The molecule has 3 nitrogen and oxygen atoms in total. The van der Waals surface area contributed by atoms with Gasteiger partial charge in [0.2, 0.25) is 0 Å². The molecule has 0 aromatic carbocycles. The minimum Gasteiger partial charge on any atom is -0.311 e. The number of rotatable bonds is 5. The maximum Gasteiger partial charge on any atom is 0.0834 e. The Labute approximate surface area is 128 Å². The van der Waals surface area contributed by atoms with Gasteiger partial charge >= 0.3 is 0 Å². The van der Waals surface area contributed by atoms with Crippen molar-refractivity contribution in [2.24, 2.45) is 5.92 Å². The van der Waals surface area contributed by atoms with Gasteiger partial charge in [0.15, 0.2) is 0 Å². The molecule has 1 heterocycles. The Balaban J connectivity index is 2.19. The van der Waals surface area contributed by atoms with Gasteiger partial charge in [-0.05, 0) is 32.2 Å². The molecule has 2 rings (SSSR count). The second-order valence-electron chi connectivity index (χ2n) is 5.97. The Bertz CT molecular complexity index is 394. The summed E-state index contributed by atoms with van der Waals surface area (Å²) in [5, 5.41) is 8.79. The van der Waals surface area contributed by atoms with Crippen molar-refractivity contribution in [1.29, 1.82) is 0 Å². The van der Waals surface area contributed by atoms with Gasteiger partial charge in [-0.2, -0.15) is 5.10 Å². The molecule has 0 radical (unpaired) electrons. The van der Waals surface area contributed by atoms with Crippen molar-refractivity contribution < 1.29 is 0 Å². The molecular formula is C16H28ClN3. The van der Waals surface area contributed by atoms with E-state index in [4.69, 9.17) is 11.6 Å². The lowest BCUT2D eigenvalue weighted by Gasteiger charge is -2.29. The molecule has 1 unspecified atom stereocenters. The van der Waals surface area contributed by atoms with E-state index in [1.165, 1.54) is 50.6 Å². The summed E-state index contributed by atoms with van der Waals surface area (Å²) in [6.45, 7) is 3.14. The molecule has 0 saturated heterocycles. The molecule has 1 saturated carbocycles. The first-order valence-corrected chi connectivity index (χ1v) is 8.54. The summed E-state index contributed by atoms with van der Waals surface area (Å²) in [6.07, 6.45) is 12.4. The standard InChI is InChI=1S/C16H28ClN3/c1-3-11-20-16(14(17)12-19-20)15(18-2)13-9-7-5-4-6-8-10-13/h12-13,15,18H,3-11H2,1-2H3. The summed E-state index contributed by atoms with van der Waals surface area (Å²) in [7, 11) is 2.06. The van der Waals surface area contributed by atoms with Crippen molar-refractivity contribution in [3.63, 3.8) is 0 Å². The number of nitrogens with zero attached hydrogens (tertiary/aromatic N) is 2. The average molecular weight is 298 g/mol. The van der Waals surface area contributed by atoms with Crippen LogP contribution in [0.25, 0.3) is 0 Å². The second-order valence-corrected chi connectivity index (χ2v) is 6.38. The number of aromatic nitrogens is 2. The fraction of sp³-hybridized carbons (Fsp3) is 0.812. The predicted molar refractivity (Wildman–Crippen MR) is 85.1 cm³/mol. The van der Waals surface area contributed by atoms with E-state index in [0.29, 0.717) is 12.0 Å². The molecule has 1 atom stereocenters. The van der Waals surface area contributed by atoms with Gasteiger partial charge in [-0.1, -0.05) is 50.6 Å². The van der Waals surface area contributed by atoms with E-state index in [-0.39, 0.29) is 0 Å². The maximum atomic E-state index is 6.42. The minimum atomic E-state index is 0.342. The monoisotopic (exact) mass is 297 g/mol. The van der Waals surface area contributed by atoms with Crippen molar-refractivity contribution in [2.75, 3.05) is 7.05 Å². The van der Waals surface area contributed by atoms with E-state index < -0.39 is 0 Å². The highest BCUT2D eigenvalue weighted by molar-refractivity contribution is 6.31. The van der Waals surface area contributed by atoms with E-state index in [1.54, 1.807) is 6.20 Å². The van der Waals surface area contributed by atoms with E-state index in [1.807, 2.05) is 0 Å². The third kappa shape index (κ3) is 3.76. The first kappa shape index (κ1) is 15.8. The summed E-state index contributed by atoms with van der Waals surface area (Å²) in [5.74, 6) is 0.685. The van der Waals surface area contributed by atoms with Crippen LogP contribution < -0.4 is 5.32 Å². The van der Waals surface area contributed by atoms with Gasteiger partial charge in [0.05, 0.1) is 23.0 Å². The van der Waals surface area contributed by atoms with Crippen molar-refractivity contribution >= 4 is 11.6 Å². The zero-order valence-electron chi connectivity index (χ0n) is 12.9. The lowest BCUT2D eigenvalue weighted by Crippen LogP contribution is -2.29. The van der Waals surface area contributed by atoms with Gasteiger partial charge in [-0.3, -0.25) is 4.68 Å². The molecule has 4 heteroatoms. The number of nitrogens with one attached hydrogen (secondary N) is 1. The van der Waals surface area contributed by atoms with Gasteiger partial charge in [-0.15, -0.1) is 0 Å². The van der Waals surface area contributed by atoms with E-state index in [0.717, 1.165) is 18.0 Å². The molecule has 1 fully saturated rings. The van der Waals surface area contributed by atoms with E-state index in [2.05, 4.69) is 29.1 Å². The van der Waals surface area contributed by atoms with Crippen LogP contribution in [0.2, 0.25) is 5.02 Å². The minimum absolute atomic E-state index is 0.342. The molecule has 0 aliphatic heterocycles. The van der Waals surface area contributed by atoms with Gasteiger partial charge in [0, 0.05) is 6.54 Å². The quantitative estimate of drug-likeness (QED) is 0.863. The molecule has 0 bridgehead atoms. The Morgan fingerprint density at radius 2 is 1.95 bits per heavy atom. The van der Waals surface area contributed by atoms with Crippen LogP contribution in [0.1, 0.15) is 70.0 Å². The first-order chi connectivity index (χ1) is 9.77. The van der Waals surface area contributed by atoms with Gasteiger partial charge in [0.25, 0.3) is 0 Å². The number of halogens is 1. The van der Waals surface area contributed by atoms with Gasteiger partial charge < -0.3 is 5.32 Å². The van der Waals surface area contributed by atoms with E-state index in [9.17, 15) is 0 Å². The topological polar surface area (TPSA) is 29.9 Å². The molecule has 1 N–H and O–H groups in total. The largest absolute Gasteiger partial charge is 0.311 e. The summed E-state index contributed by atoms with van der Waals surface area (Å²) < 4.78 is 2.10. The molecule has 114 valence electrons. The van der Waals surface area contributed by atoms with Crippen LogP contribution in [-0.2, 0) is 6.54 Å². The third-order valence-corrected chi connectivity index (χ3v) is 4.79. The molecule has 1 aliphatic rings. The summed E-state index contributed by atoms with van der Waals surface area (Å²) in [5.41, 5.74) is 1.20. The van der Waals surface area contributed by atoms with Crippen LogP contribution in [-0.4, -0.2) is 16.8 Å². The molecule has 0 spiro atoms. The normalized spacial score (nSPS) is 19.6. The predicted octanol–water partition coefficient (Wildman–Crippen LogP) is 4.57. The second kappa shape index (κ2) is 8.04. The van der Waals surface area contributed by atoms with Crippen LogP contribution in [0.3, 0.4) is 0 Å². The SMILES string of the molecule is CCCn1ncc(Cl)c1C(NC)C1CCCCCCC1. The lowest BCUT2D eigenvalue weighted by molar-refractivity contribution is 0.287. The fourth-order valence-electron chi connectivity index (χ4n) is 3.49. The molecule has 1 aromatic rings. The number of hydrogen-bond donors (Lipinski definition) is 1. The lowest BCUT2D eigenvalue weighted by atomic mass is 9.84. The third-order valence-electron chi connectivity index (χ3n) is 4.50. The van der Waals surface area contributed by atoms with Crippen LogP contribution in [0.15, 0.2) is 6.20 Å². The van der Waals surface area contributed by atoms with Crippen molar-refractivity contribution in [2.45, 2.75) is 70.9 Å². The molecule has 1 aromatic heterocycles. The summed E-state index contributed by atoms with van der Waals surface area (Å²) in [4.78, 5) is 0. The van der Waals surface area contributed by atoms with Gasteiger partial charge in [-0.25, -0.2) is 0 Å². The maximum absolute atomic E-state index is 6.42. The molecular weight excluding hydrogens is 270 g/mol. The van der Waals surface area contributed by atoms with Crippen LogP contribution >= 0.6 is 11.6 Å². The highest BCUT2D eigenvalue weighted by atomic mass is 35.5. The summed E-state index contributed by atoms with van der Waals surface area (Å²) in [6, 6.07) is 0.342. The van der Waals surface area contributed by atoms with Crippen molar-refractivity contribution in [3.05, 3.63) is 16.9 Å².